The molecule has 0 spiro atoms. The molecule has 0 unspecified atom stereocenters. The number of rotatable bonds is 2. The lowest BCUT2D eigenvalue weighted by atomic mass is 10.1. The summed E-state index contributed by atoms with van der Waals surface area (Å²) in [5.41, 5.74) is 1.43. The highest BCUT2D eigenvalue weighted by Gasteiger charge is 2.24. The van der Waals surface area contributed by atoms with Crippen molar-refractivity contribution in [1.82, 2.24) is 0 Å². The van der Waals surface area contributed by atoms with E-state index in [0.29, 0.717) is 24.9 Å². The quantitative estimate of drug-likeness (QED) is 0.849. The standard InChI is InChI=1S/C16H15NO2S/c18-15-8-3-9-17(14-7-2-1-6-13(14)15)16(19)11-12-5-4-10-20-12/h1-2,4-7,10H,3,8-9,11H2. The molecule has 1 aliphatic rings. The third kappa shape index (κ3) is 2.51. The van der Waals surface area contributed by atoms with Gasteiger partial charge in [0.2, 0.25) is 5.91 Å². The Morgan fingerprint density at radius 1 is 1.20 bits per heavy atom. The van der Waals surface area contributed by atoms with E-state index in [1.54, 1.807) is 16.2 Å². The summed E-state index contributed by atoms with van der Waals surface area (Å²) in [5.74, 6) is 0.196. The Balaban J connectivity index is 1.91. The van der Waals surface area contributed by atoms with Crippen LogP contribution in [0.15, 0.2) is 41.8 Å². The van der Waals surface area contributed by atoms with Crippen molar-refractivity contribution in [3.05, 3.63) is 52.2 Å². The molecule has 2 aromatic rings. The molecule has 0 N–H and O–H groups in total. The molecular weight excluding hydrogens is 270 g/mol. The number of hydrogen-bond acceptors (Lipinski definition) is 3. The predicted molar refractivity (Wildman–Crippen MR) is 80.4 cm³/mol. The van der Waals surface area contributed by atoms with Gasteiger partial charge in [-0.3, -0.25) is 9.59 Å². The Bertz CT molecular complexity index is 634. The fraction of sp³-hybridized carbons (Fsp3) is 0.250. The Morgan fingerprint density at radius 2 is 2.05 bits per heavy atom. The van der Waals surface area contributed by atoms with Gasteiger partial charge in [0.1, 0.15) is 0 Å². The SMILES string of the molecule is O=C1CCCN(C(=O)Cc2cccs2)c2ccccc21. The van der Waals surface area contributed by atoms with Gasteiger partial charge in [0.25, 0.3) is 0 Å². The van der Waals surface area contributed by atoms with Gasteiger partial charge >= 0.3 is 0 Å². The Kier molecular flexibility index (Phi) is 3.65. The summed E-state index contributed by atoms with van der Waals surface area (Å²) < 4.78 is 0. The third-order valence-electron chi connectivity index (χ3n) is 3.49. The van der Waals surface area contributed by atoms with Crippen LogP contribution in [-0.4, -0.2) is 18.2 Å². The molecule has 102 valence electrons. The summed E-state index contributed by atoms with van der Waals surface area (Å²) in [7, 11) is 0. The molecule has 0 fully saturated rings. The molecule has 0 saturated carbocycles. The highest BCUT2D eigenvalue weighted by Crippen LogP contribution is 2.27. The predicted octanol–water partition coefficient (Wildman–Crippen LogP) is 3.30. The molecule has 0 atom stereocenters. The maximum Gasteiger partial charge on any atom is 0.232 e. The molecule has 2 heterocycles. The number of fused-ring (bicyclic) bond motifs is 1. The van der Waals surface area contributed by atoms with Gasteiger partial charge in [0.05, 0.1) is 12.1 Å². The van der Waals surface area contributed by atoms with Gasteiger partial charge in [-0.25, -0.2) is 0 Å². The molecule has 4 heteroatoms. The number of ketones is 1. The summed E-state index contributed by atoms with van der Waals surface area (Å²) in [6, 6.07) is 11.3. The molecule has 0 bridgehead atoms. The first-order valence-electron chi connectivity index (χ1n) is 6.70. The number of carbonyl (C=O) groups excluding carboxylic acids is 2. The number of anilines is 1. The van der Waals surface area contributed by atoms with Gasteiger partial charge in [-0.05, 0) is 30.0 Å². The second-order valence-corrected chi connectivity index (χ2v) is 5.88. The highest BCUT2D eigenvalue weighted by molar-refractivity contribution is 7.10. The zero-order chi connectivity index (χ0) is 13.9. The van der Waals surface area contributed by atoms with Crippen LogP contribution in [-0.2, 0) is 11.2 Å². The molecular formula is C16H15NO2S. The summed E-state index contributed by atoms with van der Waals surface area (Å²) in [5, 5.41) is 1.97. The fourth-order valence-electron chi connectivity index (χ4n) is 2.51. The molecule has 1 aromatic carbocycles. The van der Waals surface area contributed by atoms with Crippen LogP contribution < -0.4 is 4.90 Å². The van der Waals surface area contributed by atoms with E-state index >= 15 is 0 Å². The van der Waals surface area contributed by atoms with E-state index in [0.717, 1.165) is 17.0 Å². The molecule has 1 amide bonds. The smallest absolute Gasteiger partial charge is 0.232 e. The van der Waals surface area contributed by atoms with Crippen LogP contribution in [0.25, 0.3) is 0 Å². The average Bonchev–Trinajstić information content (AvgIpc) is 2.90. The number of carbonyl (C=O) groups is 2. The van der Waals surface area contributed by atoms with Crippen molar-refractivity contribution in [2.45, 2.75) is 19.3 Å². The van der Waals surface area contributed by atoms with Gasteiger partial charge in [0.15, 0.2) is 5.78 Å². The van der Waals surface area contributed by atoms with Gasteiger partial charge in [-0.2, -0.15) is 0 Å². The van der Waals surface area contributed by atoms with Crippen molar-refractivity contribution in [2.24, 2.45) is 0 Å². The second kappa shape index (κ2) is 5.59. The number of thiophene rings is 1. The van der Waals surface area contributed by atoms with Gasteiger partial charge in [-0.15, -0.1) is 11.3 Å². The largest absolute Gasteiger partial charge is 0.311 e. The Labute approximate surface area is 121 Å². The molecule has 1 aliphatic heterocycles. The lowest BCUT2D eigenvalue weighted by Crippen LogP contribution is -2.32. The summed E-state index contributed by atoms with van der Waals surface area (Å²) >= 11 is 1.59. The van der Waals surface area contributed by atoms with E-state index in [-0.39, 0.29) is 11.7 Å². The van der Waals surface area contributed by atoms with Crippen molar-refractivity contribution in [3.8, 4) is 0 Å². The number of hydrogen-bond donors (Lipinski definition) is 0. The zero-order valence-corrected chi connectivity index (χ0v) is 11.9. The van der Waals surface area contributed by atoms with Crippen molar-refractivity contribution >= 4 is 28.7 Å². The van der Waals surface area contributed by atoms with Crippen molar-refractivity contribution in [3.63, 3.8) is 0 Å². The van der Waals surface area contributed by atoms with Crippen LogP contribution in [0.5, 0.6) is 0 Å². The maximum absolute atomic E-state index is 12.5. The van der Waals surface area contributed by atoms with E-state index in [1.165, 1.54) is 0 Å². The molecule has 0 radical (unpaired) electrons. The van der Waals surface area contributed by atoms with E-state index in [2.05, 4.69) is 0 Å². The van der Waals surface area contributed by atoms with E-state index in [1.807, 2.05) is 41.8 Å². The lowest BCUT2D eigenvalue weighted by Gasteiger charge is -2.22. The molecule has 20 heavy (non-hydrogen) atoms. The Morgan fingerprint density at radius 3 is 2.85 bits per heavy atom. The molecule has 3 rings (SSSR count). The highest BCUT2D eigenvalue weighted by atomic mass is 32.1. The van der Waals surface area contributed by atoms with E-state index < -0.39 is 0 Å². The van der Waals surface area contributed by atoms with Crippen LogP contribution in [0, 0.1) is 0 Å². The number of Topliss-reactive ketones (excluding diaryl/α,β-unsaturated/α-hetero) is 1. The van der Waals surface area contributed by atoms with Crippen LogP contribution in [0.3, 0.4) is 0 Å². The number of amides is 1. The minimum absolute atomic E-state index is 0.0644. The first-order valence-corrected chi connectivity index (χ1v) is 7.58. The van der Waals surface area contributed by atoms with Crippen LogP contribution in [0.2, 0.25) is 0 Å². The minimum Gasteiger partial charge on any atom is -0.311 e. The van der Waals surface area contributed by atoms with Crippen LogP contribution in [0.1, 0.15) is 28.1 Å². The number of para-hydroxylation sites is 1. The topological polar surface area (TPSA) is 37.4 Å². The monoisotopic (exact) mass is 285 g/mol. The lowest BCUT2D eigenvalue weighted by molar-refractivity contribution is -0.117. The average molecular weight is 285 g/mol. The Hall–Kier alpha value is -1.94. The molecule has 0 saturated heterocycles. The van der Waals surface area contributed by atoms with Crippen LogP contribution >= 0.6 is 11.3 Å². The molecule has 3 nitrogen and oxygen atoms in total. The van der Waals surface area contributed by atoms with E-state index in [9.17, 15) is 9.59 Å². The first kappa shape index (κ1) is 13.1. The van der Waals surface area contributed by atoms with Gasteiger partial charge in [0, 0.05) is 23.4 Å². The fourth-order valence-corrected chi connectivity index (χ4v) is 3.21. The normalized spacial score (nSPS) is 14.8. The maximum atomic E-state index is 12.5. The summed E-state index contributed by atoms with van der Waals surface area (Å²) in [6.45, 7) is 0.618. The van der Waals surface area contributed by atoms with Crippen molar-refractivity contribution in [1.29, 1.82) is 0 Å². The third-order valence-corrected chi connectivity index (χ3v) is 4.36. The van der Waals surface area contributed by atoms with Crippen molar-refractivity contribution in [2.75, 3.05) is 11.4 Å². The summed E-state index contributed by atoms with van der Waals surface area (Å²) in [4.78, 5) is 27.4. The number of benzene rings is 1. The molecule has 0 aliphatic carbocycles. The van der Waals surface area contributed by atoms with Gasteiger partial charge in [-0.1, -0.05) is 18.2 Å². The number of nitrogens with zero attached hydrogens (tertiary/aromatic N) is 1. The molecule has 1 aromatic heterocycles. The zero-order valence-electron chi connectivity index (χ0n) is 11.0. The second-order valence-electron chi connectivity index (χ2n) is 4.85. The van der Waals surface area contributed by atoms with Crippen LogP contribution in [0.4, 0.5) is 5.69 Å². The summed E-state index contributed by atoms with van der Waals surface area (Å²) in [6.07, 6.45) is 1.64. The van der Waals surface area contributed by atoms with Gasteiger partial charge < -0.3 is 4.90 Å². The van der Waals surface area contributed by atoms with E-state index in [4.69, 9.17) is 0 Å². The van der Waals surface area contributed by atoms with Crippen molar-refractivity contribution < 1.29 is 9.59 Å². The minimum atomic E-state index is 0.0644. The first-order chi connectivity index (χ1) is 9.75.